The summed E-state index contributed by atoms with van der Waals surface area (Å²) in [5.41, 5.74) is 0. The van der Waals surface area contributed by atoms with E-state index >= 15 is 0 Å². The lowest BCUT2D eigenvalue weighted by molar-refractivity contribution is -0.124. The van der Waals surface area contributed by atoms with Crippen LogP contribution in [0.4, 0.5) is 0 Å². The van der Waals surface area contributed by atoms with Crippen LogP contribution in [0.15, 0.2) is 0 Å². The summed E-state index contributed by atoms with van der Waals surface area (Å²) in [5.74, 6) is 1.62. The molecule has 0 spiro atoms. The highest BCUT2D eigenvalue weighted by atomic mass is 16.5. The van der Waals surface area contributed by atoms with E-state index in [1.54, 1.807) is 0 Å². The second-order valence-electron chi connectivity index (χ2n) is 5.61. The highest BCUT2D eigenvalue weighted by Crippen LogP contribution is 2.30. The second kappa shape index (κ2) is 5.81. The number of Topliss-reactive ketones (excluding diaryl/α,β-unsaturated/α-hetero) is 1. The average molecular weight is 224 g/mol. The normalized spacial score (nSPS) is 35.2. The van der Waals surface area contributed by atoms with Gasteiger partial charge in [0, 0.05) is 18.9 Å². The van der Waals surface area contributed by atoms with Gasteiger partial charge in [-0.2, -0.15) is 0 Å². The lowest BCUT2D eigenvalue weighted by atomic mass is 9.79. The molecule has 0 N–H and O–H groups in total. The molecule has 2 rings (SSSR count). The number of ketones is 1. The summed E-state index contributed by atoms with van der Waals surface area (Å²) in [6.07, 6.45) is 9.26. The van der Waals surface area contributed by atoms with E-state index in [4.69, 9.17) is 4.74 Å². The Morgan fingerprint density at radius 1 is 1.25 bits per heavy atom. The molecular weight excluding hydrogens is 200 g/mol. The molecule has 0 aromatic carbocycles. The Kier molecular flexibility index (Phi) is 4.39. The minimum atomic E-state index is 0.366. The third-order valence-corrected chi connectivity index (χ3v) is 4.13. The predicted molar refractivity (Wildman–Crippen MR) is 64.3 cm³/mol. The van der Waals surface area contributed by atoms with Gasteiger partial charge in [-0.3, -0.25) is 4.79 Å². The van der Waals surface area contributed by atoms with Gasteiger partial charge in [-0.25, -0.2) is 0 Å². The van der Waals surface area contributed by atoms with Crippen LogP contribution < -0.4 is 0 Å². The van der Waals surface area contributed by atoms with Gasteiger partial charge in [-0.05, 0) is 38.0 Å². The maximum Gasteiger partial charge on any atom is 0.136 e. The Balaban J connectivity index is 1.70. The van der Waals surface area contributed by atoms with Crippen molar-refractivity contribution in [1.82, 2.24) is 0 Å². The molecule has 92 valence electrons. The van der Waals surface area contributed by atoms with Gasteiger partial charge in [-0.15, -0.1) is 0 Å². The van der Waals surface area contributed by atoms with Crippen LogP contribution in [0.25, 0.3) is 0 Å². The number of rotatable bonds is 4. The number of carbonyl (C=O) groups is 1. The zero-order valence-corrected chi connectivity index (χ0v) is 10.4. The van der Waals surface area contributed by atoms with Gasteiger partial charge >= 0.3 is 0 Å². The Hall–Kier alpha value is -0.370. The van der Waals surface area contributed by atoms with Crippen molar-refractivity contribution in [2.75, 3.05) is 6.61 Å². The first-order valence-electron chi connectivity index (χ1n) is 6.90. The third-order valence-electron chi connectivity index (χ3n) is 4.13. The number of carbonyl (C=O) groups excluding carboxylic acids is 1. The Morgan fingerprint density at radius 2 is 2.12 bits per heavy atom. The fourth-order valence-electron chi connectivity index (χ4n) is 3.11. The van der Waals surface area contributed by atoms with E-state index < -0.39 is 0 Å². The maximum absolute atomic E-state index is 12.0. The van der Waals surface area contributed by atoms with Crippen molar-refractivity contribution in [3.63, 3.8) is 0 Å². The van der Waals surface area contributed by atoms with Crippen molar-refractivity contribution < 1.29 is 9.53 Å². The molecular formula is C14H24O2. The van der Waals surface area contributed by atoms with Crippen LogP contribution in [0.5, 0.6) is 0 Å². The van der Waals surface area contributed by atoms with Crippen LogP contribution >= 0.6 is 0 Å². The first-order valence-corrected chi connectivity index (χ1v) is 6.90. The summed E-state index contributed by atoms with van der Waals surface area (Å²) in [6, 6.07) is 0. The number of hydrogen-bond donors (Lipinski definition) is 0. The zero-order chi connectivity index (χ0) is 11.4. The van der Waals surface area contributed by atoms with Crippen molar-refractivity contribution in [1.29, 1.82) is 0 Å². The molecule has 1 heterocycles. The standard InChI is InChI=1S/C14H24O2/c1-11-4-2-5-12(10-11)14(15)8-7-13-6-3-9-16-13/h11-13H,2-10H2,1H3. The molecule has 1 aliphatic carbocycles. The van der Waals surface area contributed by atoms with Gasteiger partial charge in [0.25, 0.3) is 0 Å². The fourth-order valence-corrected chi connectivity index (χ4v) is 3.11. The molecule has 0 amide bonds. The van der Waals surface area contributed by atoms with Crippen molar-refractivity contribution in [3.8, 4) is 0 Å². The second-order valence-corrected chi connectivity index (χ2v) is 5.61. The molecule has 1 saturated carbocycles. The number of ether oxygens (including phenoxy) is 1. The molecule has 2 fully saturated rings. The molecule has 2 nitrogen and oxygen atoms in total. The molecule has 0 bridgehead atoms. The molecule has 3 atom stereocenters. The first-order chi connectivity index (χ1) is 7.75. The molecule has 0 aromatic heterocycles. The van der Waals surface area contributed by atoms with E-state index in [0.29, 0.717) is 17.8 Å². The third kappa shape index (κ3) is 3.31. The summed E-state index contributed by atoms with van der Waals surface area (Å²) < 4.78 is 5.56. The predicted octanol–water partition coefficient (Wildman–Crippen LogP) is 3.34. The van der Waals surface area contributed by atoms with Crippen LogP contribution in [0, 0.1) is 11.8 Å². The minimum Gasteiger partial charge on any atom is -0.378 e. The summed E-state index contributed by atoms with van der Waals surface area (Å²) in [5, 5.41) is 0. The van der Waals surface area contributed by atoms with Gasteiger partial charge < -0.3 is 4.74 Å². The van der Waals surface area contributed by atoms with Gasteiger partial charge in [0.15, 0.2) is 0 Å². The fraction of sp³-hybridized carbons (Fsp3) is 0.929. The Labute approximate surface area is 98.7 Å². The summed E-state index contributed by atoms with van der Waals surface area (Å²) >= 11 is 0. The minimum absolute atomic E-state index is 0.366. The van der Waals surface area contributed by atoms with Crippen LogP contribution in [0.3, 0.4) is 0 Å². The zero-order valence-electron chi connectivity index (χ0n) is 10.4. The molecule has 2 heteroatoms. The van der Waals surface area contributed by atoms with E-state index in [-0.39, 0.29) is 0 Å². The van der Waals surface area contributed by atoms with E-state index in [1.807, 2.05) is 0 Å². The lowest BCUT2D eigenvalue weighted by Crippen LogP contribution is -2.22. The Bertz CT molecular complexity index is 231. The van der Waals surface area contributed by atoms with Crippen molar-refractivity contribution in [3.05, 3.63) is 0 Å². The largest absolute Gasteiger partial charge is 0.378 e. The molecule has 3 unspecified atom stereocenters. The molecule has 1 aliphatic heterocycles. The summed E-state index contributed by atoms with van der Waals surface area (Å²) in [4.78, 5) is 12.0. The van der Waals surface area contributed by atoms with Crippen LogP contribution in [-0.4, -0.2) is 18.5 Å². The molecule has 2 aliphatic rings. The number of hydrogen-bond acceptors (Lipinski definition) is 2. The average Bonchev–Trinajstić information content (AvgIpc) is 2.78. The first kappa shape index (κ1) is 12.1. The highest BCUT2D eigenvalue weighted by Gasteiger charge is 2.25. The molecule has 16 heavy (non-hydrogen) atoms. The SMILES string of the molecule is CC1CCCC(C(=O)CCC2CCCO2)C1. The van der Waals surface area contributed by atoms with Crippen molar-refractivity contribution >= 4 is 5.78 Å². The molecule has 1 saturated heterocycles. The quantitative estimate of drug-likeness (QED) is 0.732. The monoisotopic (exact) mass is 224 g/mol. The van der Waals surface area contributed by atoms with Gasteiger partial charge in [0.2, 0.25) is 0 Å². The maximum atomic E-state index is 12.0. The highest BCUT2D eigenvalue weighted by molar-refractivity contribution is 5.81. The molecule has 0 radical (unpaired) electrons. The summed E-state index contributed by atoms with van der Waals surface area (Å²) in [6.45, 7) is 3.18. The van der Waals surface area contributed by atoms with Crippen LogP contribution in [0.1, 0.15) is 58.3 Å². The lowest BCUT2D eigenvalue weighted by Gasteiger charge is -2.25. The van der Waals surface area contributed by atoms with Crippen molar-refractivity contribution in [2.45, 2.75) is 64.4 Å². The van der Waals surface area contributed by atoms with Crippen molar-refractivity contribution in [2.24, 2.45) is 11.8 Å². The van der Waals surface area contributed by atoms with Crippen LogP contribution in [-0.2, 0) is 9.53 Å². The van der Waals surface area contributed by atoms with E-state index in [1.165, 1.54) is 19.3 Å². The van der Waals surface area contributed by atoms with Gasteiger partial charge in [0.1, 0.15) is 5.78 Å². The van der Waals surface area contributed by atoms with E-state index in [0.717, 1.165) is 44.6 Å². The van der Waals surface area contributed by atoms with E-state index in [2.05, 4.69) is 6.92 Å². The summed E-state index contributed by atoms with van der Waals surface area (Å²) in [7, 11) is 0. The van der Waals surface area contributed by atoms with Gasteiger partial charge in [-0.1, -0.05) is 19.8 Å². The Morgan fingerprint density at radius 3 is 2.81 bits per heavy atom. The molecule has 0 aromatic rings. The van der Waals surface area contributed by atoms with Gasteiger partial charge in [0.05, 0.1) is 6.10 Å². The topological polar surface area (TPSA) is 26.3 Å². The smallest absolute Gasteiger partial charge is 0.136 e. The van der Waals surface area contributed by atoms with Crippen LogP contribution in [0.2, 0.25) is 0 Å². The van der Waals surface area contributed by atoms with E-state index in [9.17, 15) is 4.79 Å².